The Morgan fingerprint density at radius 2 is 1.83 bits per heavy atom. The van der Waals surface area contributed by atoms with Crippen molar-refractivity contribution in [3.8, 4) is 0 Å². The number of carbonyl (C=O) groups is 2. The highest BCUT2D eigenvalue weighted by Crippen LogP contribution is 2.48. The summed E-state index contributed by atoms with van der Waals surface area (Å²) >= 11 is 0. The monoisotopic (exact) mass is 342 g/mol. The van der Waals surface area contributed by atoms with Gasteiger partial charge in [-0.25, -0.2) is 18.0 Å². The summed E-state index contributed by atoms with van der Waals surface area (Å²) in [6.07, 6.45) is 2.62. The Morgan fingerprint density at radius 1 is 1.12 bits per heavy atom. The minimum atomic E-state index is -1.65. The molecule has 2 amide bonds. The summed E-state index contributed by atoms with van der Waals surface area (Å²) in [5.74, 6) is -4.96. The lowest BCUT2D eigenvalue weighted by atomic mass is 9.84. The summed E-state index contributed by atoms with van der Waals surface area (Å²) in [6.45, 7) is 0. The molecule has 0 spiro atoms. The number of rotatable bonds is 3. The third-order valence-corrected chi connectivity index (χ3v) is 4.97. The van der Waals surface area contributed by atoms with Crippen molar-refractivity contribution in [2.45, 2.75) is 25.3 Å². The van der Waals surface area contributed by atoms with Gasteiger partial charge in [0.05, 0.1) is 18.7 Å². The maximum atomic E-state index is 13.6. The van der Waals surface area contributed by atoms with Gasteiger partial charge >= 0.3 is 12.0 Å². The first-order chi connectivity index (χ1) is 11.4. The topological polar surface area (TPSA) is 67.4 Å². The highest BCUT2D eigenvalue weighted by atomic mass is 19.2. The Labute approximate surface area is 136 Å². The van der Waals surface area contributed by atoms with Crippen LogP contribution >= 0.6 is 0 Å². The van der Waals surface area contributed by atoms with E-state index in [0.29, 0.717) is 0 Å². The maximum absolute atomic E-state index is 13.6. The van der Waals surface area contributed by atoms with Crippen LogP contribution < -0.4 is 10.6 Å². The number of amides is 2. The van der Waals surface area contributed by atoms with E-state index in [1.807, 2.05) is 0 Å². The molecule has 2 N–H and O–H groups in total. The first-order valence-corrected chi connectivity index (χ1v) is 7.71. The van der Waals surface area contributed by atoms with Gasteiger partial charge in [0.1, 0.15) is 0 Å². The fourth-order valence-corrected chi connectivity index (χ4v) is 3.91. The zero-order chi connectivity index (χ0) is 17.4. The largest absolute Gasteiger partial charge is 0.469 e. The number of methoxy groups -OCH3 is 1. The SMILES string of the molecule is COC(=O)[C@H]1[C@H]2CC[C@@H](C2)[C@H]1NC(=O)Nc1ccc(F)c(F)c1F. The molecule has 2 fully saturated rings. The zero-order valence-electron chi connectivity index (χ0n) is 12.9. The van der Waals surface area contributed by atoms with Gasteiger partial charge in [0.2, 0.25) is 0 Å². The first-order valence-electron chi connectivity index (χ1n) is 7.71. The summed E-state index contributed by atoms with van der Waals surface area (Å²) < 4.78 is 44.5. The molecule has 2 aliphatic rings. The van der Waals surface area contributed by atoms with E-state index in [1.165, 1.54) is 7.11 Å². The molecule has 2 aliphatic carbocycles. The van der Waals surface area contributed by atoms with E-state index in [2.05, 4.69) is 10.6 Å². The van der Waals surface area contributed by atoms with E-state index >= 15 is 0 Å². The molecule has 0 aromatic heterocycles. The van der Waals surface area contributed by atoms with Gasteiger partial charge in [-0.3, -0.25) is 4.79 Å². The van der Waals surface area contributed by atoms with Crippen molar-refractivity contribution in [2.75, 3.05) is 12.4 Å². The summed E-state index contributed by atoms with van der Waals surface area (Å²) in [7, 11) is 1.29. The lowest BCUT2D eigenvalue weighted by molar-refractivity contribution is -0.148. The molecule has 2 saturated carbocycles. The number of carbonyl (C=O) groups excluding carboxylic acids is 2. The smallest absolute Gasteiger partial charge is 0.319 e. The number of hydrogen-bond donors (Lipinski definition) is 2. The van der Waals surface area contributed by atoms with Crippen molar-refractivity contribution in [3.05, 3.63) is 29.6 Å². The second-order valence-corrected chi connectivity index (χ2v) is 6.23. The van der Waals surface area contributed by atoms with E-state index in [0.717, 1.165) is 31.4 Å². The number of hydrogen-bond acceptors (Lipinski definition) is 3. The van der Waals surface area contributed by atoms with Crippen molar-refractivity contribution in [1.82, 2.24) is 5.32 Å². The van der Waals surface area contributed by atoms with Crippen LogP contribution in [0.25, 0.3) is 0 Å². The van der Waals surface area contributed by atoms with E-state index in [4.69, 9.17) is 4.74 Å². The lowest BCUT2D eigenvalue weighted by Crippen LogP contribution is -2.48. The molecule has 130 valence electrons. The standard InChI is InChI=1S/C16H17F3N2O3/c1-24-15(22)11-7-2-3-8(6-7)14(11)21-16(23)20-10-5-4-9(17)12(18)13(10)19/h4-5,7-8,11,14H,2-3,6H2,1H3,(H2,20,21,23)/t7-,8-,11-,14+/m0/s1. The number of urea groups is 1. The molecular weight excluding hydrogens is 325 g/mol. The van der Waals surface area contributed by atoms with Crippen LogP contribution in [-0.2, 0) is 9.53 Å². The van der Waals surface area contributed by atoms with E-state index in [9.17, 15) is 22.8 Å². The third-order valence-electron chi connectivity index (χ3n) is 4.97. The molecule has 1 aromatic rings. The van der Waals surface area contributed by atoms with Gasteiger partial charge in [0, 0.05) is 6.04 Å². The maximum Gasteiger partial charge on any atom is 0.319 e. The normalized spacial score (nSPS) is 27.8. The van der Waals surface area contributed by atoms with Gasteiger partial charge in [0.25, 0.3) is 0 Å². The van der Waals surface area contributed by atoms with Crippen LogP contribution in [0.15, 0.2) is 12.1 Å². The molecule has 1 aromatic carbocycles. The zero-order valence-corrected chi connectivity index (χ0v) is 12.9. The van der Waals surface area contributed by atoms with Crippen molar-refractivity contribution in [2.24, 2.45) is 17.8 Å². The minimum Gasteiger partial charge on any atom is -0.469 e. The van der Waals surface area contributed by atoms with E-state index < -0.39 is 41.1 Å². The Balaban J connectivity index is 1.70. The highest BCUT2D eigenvalue weighted by molar-refractivity contribution is 5.90. The number of nitrogens with one attached hydrogen (secondary N) is 2. The van der Waals surface area contributed by atoms with Crippen molar-refractivity contribution >= 4 is 17.7 Å². The second-order valence-electron chi connectivity index (χ2n) is 6.23. The van der Waals surface area contributed by atoms with Gasteiger partial charge < -0.3 is 15.4 Å². The van der Waals surface area contributed by atoms with E-state index in [1.54, 1.807) is 0 Å². The molecule has 0 radical (unpaired) electrons. The van der Waals surface area contributed by atoms with Gasteiger partial charge in [-0.15, -0.1) is 0 Å². The molecule has 24 heavy (non-hydrogen) atoms. The minimum absolute atomic E-state index is 0.152. The molecule has 4 atom stereocenters. The number of ether oxygens (including phenoxy) is 1. The molecule has 8 heteroatoms. The van der Waals surface area contributed by atoms with Gasteiger partial charge in [-0.1, -0.05) is 0 Å². The van der Waals surface area contributed by atoms with Crippen LogP contribution in [0, 0.1) is 35.2 Å². The van der Waals surface area contributed by atoms with E-state index in [-0.39, 0.29) is 17.8 Å². The summed E-state index contributed by atoms with van der Waals surface area (Å²) in [6, 6.07) is 0.477. The molecule has 3 rings (SSSR count). The predicted molar refractivity (Wildman–Crippen MR) is 78.6 cm³/mol. The molecule has 0 unspecified atom stereocenters. The molecule has 5 nitrogen and oxygen atoms in total. The second kappa shape index (κ2) is 6.33. The van der Waals surface area contributed by atoms with Crippen molar-refractivity contribution < 1.29 is 27.5 Å². The van der Waals surface area contributed by atoms with Gasteiger partial charge in [0.15, 0.2) is 17.5 Å². The molecular formula is C16H17F3N2O3. The Hall–Kier alpha value is -2.25. The Bertz CT molecular complexity index is 683. The van der Waals surface area contributed by atoms with Crippen molar-refractivity contribution in [3.63, 3.8) is 0 Å². The number of esters is 1. The molecule has 0 heterocycles. The number of anilines is 1. The summed E-state index contributed by atoms with van der Waals surface area (Å²) in [5.41, 5.74) is -0.468. The Kier molecular flexibility index (Phi) is 4.38. The van der Waals surface area contributed by atoms with Crippen LogP contribution in [0.4, 0.5) is 23.7 Å². The average Bonchev–Trinajstić information content (AvgIpc) is 3.16. The van der Waals surface area contributed by atoms with Crippen LogP contribution in [-0.4, -0.2) is 25.2 Å². The van der Waals surface area contributed by atoms with Crippen LogP contribution in [0.3, 0.4) is 0 Å². The average molecular weight is 342 g/mol. The van der Waals surface area contributed by atoms with Crippen LogP contribution in [0.5, 0.6) is 0 Å². The lowest BCUT2D eigenvalue weighted by Gasteiger charge is -2.29. The van der Waals surface area contributed by atoms with Crippen LogP contribution in [0.1, 0.15) is 19.3 Å². The highest BCUT2D eigenvalue weighted by Gasteiger charge is 2.52. The summed E-state index contributed by atoms with van der Waals surface area (Å²) in [5, 5.41) is 4.81. The predicted octanol–water partition coefficient (Wildman–Crippen LogP) is 2.81. The molecule has 0 saturated heterocycles. The van der Waals surface area contributed by atoms with Crippen molar-refractivity contribution in [1.29, 1.82) is 0 Å². The fraction of sp³-hybridized carbons (Fsp3) is 0.500. The first kappa shape index (κ1) is 16.6. The third kappa shape index (κ3) is 2.81. The molecule has 2 bridgehead atoms. The Morgan fingerprint density at radius 3 is 2.54 bits per heavy atom. The fourth-order valence-electron chi connectivity index (χ4n) is 3.91. The number of halogens is 3. The number of fused-ring (bicyclic) bond motifs is 2. The quantitative estimate of drug-likeness (QED) is 0.656. The molecule has 0 aliphatic heterocycles. The van der Waals surface area contributed by atoms with Gasteiger partial charge in [-0.2, -0.15) is 0 Å². The van der Waals surface area contributed by atoms with Crippen LogP contribution in [0.2, 0.25) is 0 Å². The summed E-state index contributed by atoms with van der Waals surface area (Å²) in [4.78, 5) is 24.0. The number of benzene rings is 1. The van der Waals surface area contributed by atoms with Gasteiger partial charge in [-0.05, 0) is 43.2 Å².